The van der Waals surface area contributed by atoms with Crippen molar-refractivity contribution in [3.05, 3.63) is 42.2 Å². The van der Waals surface area contributed by atoms with Gasteiger partial charge in [0.15, 0.2) is 0 Å². The number of methoxy groups -OCH3 is 1. The Labute approximate surface area is 145 Å². The lowest BCUT2D eigenvalue weighted by Crippen LogP contribution is -2.28. The Morgan fingerprint density at radius 3 is 2.62 bits per heavy atom. The molecule has 0 saturated carbocycles. The number of carbonyl (C=O) groups is 2. The first-order valence-corrected chi connectivity index (χ1v) is 7.02. The molecule has 24 heavy (non-hydrogen) atoms. The molecule has 1 heterocycles. The average Bonchev–Trinajstić information content (AvgIpc) is 3.03. The van der Waals surface area contributed by atoms with Crippen LogP contribution in [0.15, 0.2) is 36.5 Å². The van der Waals surface area contributed by atoms with Crippen LogP contribution in [-0.4, -0.2) is 41.4 Å². The molecule has 0 aliphatic carbocycles. The third kappa shape index (κ3) is 4.79. The summed E-state index contributed by atoms with van der Waals surface area (Å²) in [5.74, 6) is -0.840. The summed E-state index contributed by atoms with van der Waals surface area (Å²) in [5, 5.41) is 6.88. The van der Waals surface area contributed by atoms with Crippen LogP contribution in [0.1, 0.15) is 16.9 Å². The van der Waals surface area contributed by atoms with E-state index in [9.17, 15) is 9.59 Å². The van der Waals surface area contributed by atoms with Gasteiger partial charge in [-0.1, -0.05) is 12.1 Å². The Kier molecular flexibility index (Phi) is 7.37. The Hall–Kier alpha value is -2.42. The van der Waals surface area contributed by atoms with Gasteiger partial charge in [0.05, 0.1) is 23.9 Å². The van der Waals surface area contributed by atoms with Crippen LogP contribution in [-0.2, 0) is 9.53 Å². The molecule has 1 aromatic heterocycles. The van der Waals surface area contributed by atoms with Crippen LogP contribution in [0.4, 0.5) is 5.69 Å². The monoisotopic (exact) mass is 353 g/mol. The second-order valence-corrected chi connectivity index (χ2v) is 4.87. The van der Waals surface area contributed by atoms with Crippen molar-refractivity contribution in [2.75, 3.05) is 19.0 Å². The second kappa shape index (κ2) is 9.02. The molecule has 2 rings (SSSR count). The summed E-state index contributed by atoms with van der Waals surface area (Å²) in [6.07, 6.45) is 1.41. The minimum Gasteiger partial charge on any atom is -0.380 e. The molecule has 0 saturated heterocycles. The Morgan fingerprint density at radius 2 is 2.04 bits per heavy atom. The number of nitrogens with one attached hydrogen (secondary N) is 1. The number of hydrogen-bond acceptors (Lipinski definition) is 5. The zero-order chi connectivity index (χ0) is 16.8. The summed E-state index contributed by atoms with van der Waals surface area (Å²) in [7, 11) is 1.51. The van der Waals surface area contributed by atoms with Gasteiger partial charge in [0.2, 0.25) is 5.91 Å². The average molecular weight is 354 g/mol. The van der Waals surface area contributed by atoms with E-state index >= 15 is 0 Å². The van der Waals surface area contributed by atoms with E-state index in [1.165, 1.54) is 17.9 Å². The van der Waals surface area contributed by atoms with E-state index in [2.05, 4.69) is 10.4 Å². The maximum atomic E-state index is 12.1. The summed E-state index contributed by atoms with van der Waals surface area (Å²) in [4.78, 5) is 23.2. The van der Waals surface area contributed by atoms with Crippen molar-refractivity contribution in [3.63, 3.8) is 0 Å². The number of hydrogen-bond donors (Lipinski definition) is 3. The number of nitrogens with two attached hydrogens (primary N) is 2. The van der Waals surface area contributed by atoms with E-state index < -0.39 is 5.91 Å². The minimum absolute atomic E-state index is 0. The van der Waals surface area contributed by atoms with Crippen molar-refractivity contribution in [2.45, 2.75) is 12.5 Å². The van der Waals surface area contributed by atoms with E-state index in [-0.39, 0.29) is 43.1 Å². The van der Waals surface area contributed by atoms with Gasteiger partial charge in [-0.2, -0.15) is 5.10 Å². The van der Waals surface area contributed by atoms with Gasteiger partial charge in [-0.15, -0.1) is 12.4 Å². The molecule has 5 N–H and O–H groups in total. The Balaban J connectivity index is 0.00000288. The lowest BCUT2D eigenvalue weighted by atomic mass is 10.2. The molecule has 0 radical (unpaired) electrons. The van der Waals surface area contributed by atoms with Crippen LogP contribution >= 0.6 is 12.4 Å². The number of para-hydroxylation sites is 2. The van der Waals surface area contributed by atoms with E-state index in [0.29, 0.717) is 11.4 Å². The molecule has 2 aromatic rings. The molecule has 0 aliphatic rings. The highest BCUT2D eigenvalue weighted by molar-refractivity contribution is 5.93. The predicted octanol–water partition coefficient (Wildman–Crippen LogP) is 0.695. The maximum absolute atomic E-state index is 12.1. The molecule has 130 valence electrons. The van der Waals surface area contributed by atoms with Crippen molar-refractivity contribution in [1.82, 2.24) is 9.78 Å². The summed E-state index contributed by atoms with van der Waals surface area (Å²) >= 11 is 0. The van der Waals surface area contributed by atoms with E-state index in [0.717, 1.165) is 0 Å². The molecule has 9 heteroatoms. The minimum atomic E-state index is -0.615. The number of rotatable bonds is 7. The zero-order valence-electron chi connectivity index (χ0n) is 13.1. The van der Waals surface area contributed by atoms with Crippen molar-refractivity contribution in [2.24, 2.45) is 11.5 Å². The number of nitrogens with zero attached hydrogens (tertiary/aromatic N) is 2. The van der Waals surface area contributed by atoms with Gasteiger partial charge in [-0.3, -0.25) is 9.59 Å². The summed E-state index contributed by atoms with van der Waals surface area (Å²) in [5.41, 5.74) is 12.0. The largest absolute Gasteiger partial charge is 0.380 e. The molecule has 0 fully saturated rings. The molecule has 8 nitrogen and oxygen atoms in total. The fourth-order valence-corrected chi connectivity index (χ4v) is 2.04. The normalized spacial score (nSPS) is 11.4. The standard InChI is InChI=1S/C15H19N5O3.ClH/c1-23-10(9-16)8-14(21)18-11-4-2-3-5-13(11)20-7-6-12(19-20)15(17)22;/h2-7,10H,8-9,16H2,1H3,(H2,17,22)(H,18,21);1H. The van der Waals surface area contributed by atoms with Crippen molar-refractivity contribution in [3.8, 4) is 5.69 Å². The molecule has 2 amide bonds. The third-order valence-electron chi connectivity index (χ3n) is 3.28. The number of anilines is 1. The van der Waals surface area contributed by atoms with Crippen LogP contribution < -0.4 is 16.8 Å². The van der Waals surface area contributed by atoms with Crippen LogP contribution in [0.3, 0.4) is 0 Å². The highest BCUT2D eigenvalue weighted by atomic mass is 35.5. The lowest BCUT2D eigenvalue weighted by molar-refractivity contribution is -0.118. The van der Waals surface area contributed by atoms with Gasteiger partial charge in [0, 0.05) is 19.9 Å². The van der Waals surface area contributed by atoms with Gasteiger partial charge in [-0.25, -0.2) is 4.68 Å². The fraction of sp³-hybridized carbons (Fsp3) is 0.267. The van der Waals surface area contributed by atoms with Crippen molar-refractivity contribution < 1.29 is 14.3 Å². The van der Waals surface area contributed by atoms with Gasteiger partial charge >= 0.3 is 0 Å². The molecule has 1 atom stereocenters. The summed E-state index contributed by atoms with van der Waals surface area (Å²) < 4.78 is 6.58. The van der Waals surface area contributed by atoms with E-state index in [4.69, 9.17) is 16.2 Å². The number of ether oxygens (including phenoxy) is 1. The first-order valence-electron chi connectivity index (χ1n) is 7.02. The predicted molar refractivity (Wildman–Crippen MR) is 92.4 cm³/mol. The van der Waals surface area contributed by atoms with E-state index in [1.807, 2.05) is 0 Å². The smallest absolute Gasteiger partial charge is 0.269 e. The van der Waals surface area contributed by atoms with Gasteiger partial charge in [0.25, 0.3) is 5.91 Å². The SMILES string of the molecule is COC(CN)CC(=O)Nc1ccccc1-n1ccc(C(N)=O)n1.Cl. The number of primary amides is 1. The van der Waals surface area contributed by atoms with Gasteiger partial charge in [0.1, 0.15) is 5.69 Å². The maximum Gasteiger partial charge on any atom is 0.269 e. The fourth-order valence-electron chi connectivity index (χ4n) is 2.04. The molecular formula is C15H20ClN5O3. The lowest BCUT2D eigenvalue weighted by Gasteiger charge is -2.14. The zero-order valence-corrected chi connectivity index (χ0v) is 14.0. The van der Waals surface area contributed by atoms with Crippen LogP contribution in [0.5, 0.6) is 0 Å². The molecule has 0 aliphatic heterocycles. The summed E-state index contributed by atoms with van der Waals surface area (Å²) in [6.45, 7) is 0.257. The van der Waals surface area contributed by atoms with Crippen LogP contribution in [0, 0.1) is 0 Å². The Morgan fingerprint density at radius 1 is 1.33 bits per heavy atom. The number of halogens is 1. The molecular weight excluding hydrogens is 334 g/mol. The van der Waals surface area contributed by atoms with Gasteiger partial charge < -0.3 is 21.5 Å². The molecule has 0 bridgehead atoms. The highest BCUT2D eigenvalue weighted by Gasteiger charge is 2.14. The Bertz CT molecular complexity index is 700. The van der Waals surface area contributed by atoms with E-state index in [1.54, 1.807) is 30.5 Å². The second-order valence-electron chi connectivity index (χ2n) is 4.87. The van der Waals surface area contributed by atoms with Crippen LogP contribution in [0.25, 0.3) is 5.69 Å². The quantitative estimate of drug-likeness (QED) is 0.675. The van der Waals surface area contributed by atoms with Gasteiger partial charge in [-0.05, 0) is 18.2 Å². The number of benzene rings is 1. The van der Waals surface area contributed by atoms with Crippen molar-refractivity contribution in [1.29, 1.82) is 0 Å². The van der Waals surface area contributed by atoms with Crippen molar-refractivity contribution >= 4 is 29.9 Å². The number of carbonyl (C=O) groups excluding carboxylic acids is 2. The first kappa shape index (κ1) is 19.6. The molecule has 0 spiro atoms. The topological polar surface area (TPSA) is 125 Å². The third-order valence-corrected chi connectivity index (χ3v) is 3.28. The number of aromatic nitrogens is 2. The summed E-state index contributed by atoms with van der Waals surface area (Å²) in [6, 6.07) is 8.60. The molecule has 1 aromatic carbocycles. The molecule has 1 unspecified atom stereocenters. The van der Waals surface area contributed by atoms with Crippen LogP contribution in [0.2, 0.25) is 0 Å². The number of amides is 2. The first-order chi connectivity index (χ1) is 11.0. The highest BCUT2D eigenvalue weighted by Crippen LogP contribution is 2.20.